The van der Waals surface area contributed by atoms with Crippen LogP contribution in [0.4, 0.5) is 22.1 Å². The summed E-state index contributed by atoms with van der Waals surface area (Å²) in [6.07, 6.45) is 0. The van der Waals surface area contributed by atoms with Crippen molar-refractivity contribution in [1.29, 1.82) is 0 Å². The number of hydrogen-bond acceptors (Lipinski definition) is 1. The van der Waals surface area contributed by atoms with Crippen LogP contribution >= 0.6 is 0 Å². The largest absolute Gasteiger partial charge is 0.673 e. The first-order valence-electron chi connectivity index (χ1n) is 5.53. The van der Waals surface area contributed by atoms with Gasteiger partial charge in [-0.3, -0.25) is 0 Å². The molecule has 0 aliphatic heterocycles. The second-order valence-corrected chi connectivity index (χ2v) is 5.08. The molecule has 110 valence electrons. The predicted molar refractivity (Wildman–Crippen MR) is 64.2 cm³/mol. The molecule has 0 aliphatic carbocycles. The minimum atomic E-state index is -6.00. The quantitative estimate of drug-likeness (QED) is 0.510. The first-order valence-corrected chi connectivity index (χ1v) is 5.53. The molecule has 0 saturated carbocycles. The molecule has 0 unspecified atom stereocenters. The lowest BCUT2D eigenvalue weighted by Gasteiger charge is -2.20. The fraction of sp³-hybridized carbons (Fsp3) is 0.889. The van der Waals surface area contributed by atoms with Gasteiger partial charge in [0.05, 0.1) is 27.2 Å². The normalized spacial score (nSPS) is 11.7. The van der Waals surface area contributed by atoms with Crippen LogP contribution in [0.15, 0.2) is 0 Å². The fourth-order valence-electron chi connectivity index (χ4n) is 0.811. The van der Waals surface area contributed by atoms with Crippen LogP contribution in [0.5, 0.6) is 0 Å². The van der Waals surface area contributed by atoms with Crippen LogP contribution in [0.2, 0.25) is 0 Å². The summed E-state index contributed by atoms with van der Waals surface area (Å²) in [6, 6.07) is -0.0891. The molecule has 0 heterocycles. The predicted octanol–water partition coefficient (Wildman–Crippen LogP) is 0.529. The minimum Gasteiger partial charge on any atom is -0.418 e. The van der Waals surface area contributed by atoms with Crippen LogP contribution in [0.25, 0.3) is 0 Å². The van der Waals surface area contributed by atoms with Crippen molar-refractivity contribution in [2.24, 2.45) is 0 Å². The maximum atomic E-state index is 11.2. The van der Waals surface area contributed by atoms with Gasteiger partial charge in [-0.15, -0.1) is 0 Å². The maximum Gasteiger partial charge on any atom is 0.673 e. The van der Waals surface area contributed by atoms with E-state index in [0.29, 0.717) is 6.54 Å². The second-order valence-electron chi connectivity index (χ2n) is 5.08. The summed E-state index contributed by atoms with van der Waals surface area (Å²) in [5.74, 6) is 0. The Balaban J connectivity index is 0. The van der Waals surface area contributed by atoms with Gasteiger partial charge in [0.2, 0.25) is 0 Å². The zero-order valence-electron chi connectivity index (χ0n) is 11.4. The van der Waals surface area contributed by atoms with Gasteiger partial charge in [-0.05, 0) is 20.8 Å². The van der Waals surface area contributed by atoms with E-state index < -0.39 is 7.25 Å². The Bertz CT molecular complexity index is 235. The molecule has 0 fully saturated rings. The van der Waals surface area contributed by atoms with Crippen LogP contribution in [0.3, 0.4) is 0 Å². The first kappa shape index (κ1) is 19.4. The Kier molecular flexibility index (Phi) is 8.79. The topological polar surface area (TPSA) is 45.6 Å². The van der Waals surface area contributed by atoms with Gasteiger partial charge in [0, 0.05) is 5.54 Å². The lowest BCUT2D eigenvalue weighted by atomic mass is 10.1. The summed E-state index contributed by atoms with van der Waals surface area (Å²) in [6.45, 7) is 7.54. The molecular weight excluding hydrogens is 253 g/mol. The van der Waals surface area contributed by atoms with E-state index in [1.54, 1.807) is 0 Å². The number of amides is 2. The van der Waals surface area contributed by atoms with Gasteiger partial charge in [0.15, 0.2) is 0 Å². The number of nitrogens with one attached hydrogen (secondary N) is 3. The lowest BCUT2D eigenvalue weighted by molar-refractivity contribution is -0.856. The third-order valence-corrected chi connectivity index (χ3v) is 1.40. The van der Waals surface area contributed by atoms with Gasteiger partial charge in [-0.1, -0.05) is 0 Å². The molecule has 3 N–H and O–H groups in total. The van der Waals surface area contributed by atoms with Gasteiger partial charge in [-0.2, -0.15) is 0 Å². The van der Waals surface area contributed by atoms with Gasteiger partial charge in [0.1, 0.15) is 0 Å². The summed E-state index contributed by atoms with van der Waals surface area (Å²) in [7, 11) is -1.88. The molecule has 18 heavy (non-hydrogen) atoms. The molecule has 0 aromatic heterocycles. The summed E-state index contributed by atoms with van der Waals surface area (Å²) >= 11 is 0. The average molecular weight is 275 g/mol. The Hall–Kier alpha value is -0.985. The Morgan fingerprint density at radius 2 is 1.56 bits per heavy atom. The zero-order valence-corrected chi connectivity index (χ0v) is 11.4. The summed E-state index contributed by atoms with van der Waals surface area (Å²) < 4.78 is 39.0. The first-order chi connectivity index (χ1) is 7.81. The fourth-order valence-corrected chi connectivity index (χ4v) is 0.811. The molecule has 0 aliphatic rings. The zero-order chi connectivity index (χ0) is 15.0. The number of quaternary nitrogens is 1. The van der Waals surface area contributed by atoms with Gasteiger partial charge >= 0.3 is 13.3 Å². The molecule has 9 heteroatoms. The third-order valence-electron chi connectivity index (χ3n) is 1.40. The van der Waals surface area contributed by atoms with Crippen molar-refractivity contribution in [3.63, 3.8) is 0 Å². The molecular formula is C9H22BF4N3O. The van der Waals surface area contributed by atoms with Crippen LogP contribution in [0, 0.1) is 0 Å². The second kappa shape index (κ2) is 8.18. The monoisotopic (exact) mass is 275 g/mol. The standard InChI is InChI=1S/C9H21N3O.BF4/c1-9(2,3)11-8(13)10-6-7-12(4)5;2-1(3,4)5/h6-7H2,1-5H3,(H2,10,11,13);/q;-1/p+1. The SMILES string of the molecule is C[NH+](C)CCNC(=O)NC(C)(C)C.F[B-](F)(F)F. The number of likely N-dealkylation sites (N-methyl/N-ethyl adjacent to an activating group) is 1. The van der Waals surface area contributed by atoms with Crippen LogP contribution < -0.4 is 15.5 Å². The Morgan fingerprint density at radius 3 is 1.83 bits per heavy atom. The summed E-state index contributed by atoms with van der Waals surface area (Å²) in [4.78, 5) is 12.5. The van der Waals surface area contributed by atoms with Crippen molar-refractivity contribution in [2.45, 2.75) is 26.3 Å². The number of carbonyl (C=O) groups excluding carboxylic acids is 1. The molecule has 4 nitrogen and oxygen atoms in total. The molecule has 0 aromatic carbocycles. The van der Waals surface area contributed by atoms with Crippen LogP contribution in [0.1, 0.15) is 20.8 Å². The molecule has 0 saturated heterocycles. The number of rotatable bonds is 3. The molecule has 2 amide bonds. The van der Waals surface area contributed by atoms with E-state index in [-0.39, 0.29) is 11.6 Å². The van der Waals surface area contributed by atoms with Crippen molar-refractivity contribution in [2.75, 3.05) is 27.2 Å². The Morgan fingerprint density at radius 1 is 1.17 bits per heavy atom. The molecule has 0 bridgehead atoms. The summed E-state index contributed by atoms with van der Waals surface area (Å²) in [5.41, 5.74) is -0.158. The van der Waals surface area contributed by atoms with Crippen molar-refractivity contribution in [3.8, 4) is 0 Å². The van der Waals surface area contributed by atoms with Crippen LogP contribution in [-0.2, 0) is 0 Å². The van der Waals surface area contributed by atoms with E-state index >= 15 is 0 Å². The third kappa shape index (κ3) is 29.4. The maximum absolute atomic E-state index is 11.2. The molecule has 0 spiro atoms. The molecule has 0 atom stereocenters. The lowest BCUT2D eigenvalue weighted by Crippen LogP contribution is -3.06. The Labute approximate surface area is 105 Å². The summed E-state index contributed by atoms with van der Waals surface area (Å²) in [5, 5.41) is 5.63. The number of halogens is 4. The van der Waals surface area contributed by atoms with E-state index in [4.69, 9.17) is 0 Å². The van der Waals surface area contributed by atoms with Gasteiger partial charge < -0.3 is 32.8 Å². The van der Waals surface area contributed by atoms with E-state index in [1.165, 1.54) is 4.90 Å². The van der Waals surface area contributed by atoms with E-state index in [1.807, 2.05) is 20.8 Å². The van der Waals surface area contributed by atoms with E-state index in [2.05, 4.69) is 24.7 Å². The molecule has 0 rings (SSSR count). The molecule has 0 aromatic rings. The van der Waals surface area contributed by atoms with Gasteiger partial charge in [-0.25, -0.2) is 4.79 Å². The van der Waals surface area contributed by atoms with Crippen molar-refractivity contribution < 1.29 is 27.0 Å². The average Bonchev–Trinajstić information content (AvgIpc) is 1.95. The highest BCUT2D eigenvalue weighted by Crippen LogP contribution is 2.06. The highest BCUT2D eigenvalue weighted by atomic mass is 19.5. The van der Waals surface area contributed by atoms with E-state index in [9.17, 15) is 22.1 Å². The minimum absolute atomic E-state index is 0.0891. The highest BCUT2D eigenvalue weighted by molar-refractivity contribution is 6.50. The molecule has 0 radical (unpaired) electrons. The van der Waals surface area contributed by atoms with Crippen molar-refractivity contribution in [1.82, 2.24) is 10.6 Å². The number of urea groups is 1. The number of carbonyl (C=O) groups is 1. The smallest absolute Gasteiger partial charge is 0.418 e. The van der Waals surface area contributed by atoms with Crippen molar-refractivity contribution >= 4 is 13.3 Å². The van der Waals surface area contributed by atoms with Crippen molar-refractivity contribution in [3.05, 3.63) is 0 Å². The van der Waals surface area contributed by atoms with Crippen LogP contribution in [-0.4, -0.2) is 46.0 Å². The van der Waals surface area contributed by atoms with Gasteiger partial charge in [0.25, 0.3) is 0 Å². The number of hydrogen-bond donors (Lipinski definition) is 3. The van der Waals surface area contributed by atoms with E-state index in [0.717, 1.165) is 6.54 Å². The highest BCUT2D eigenvalue weighted by Gasteiger charge is 2.20.